The van der Waals surface area contributed by atoms with Gasteiger partial charge in [-0.25, -0.2) is 8.42 Å². The van der Waals surface area contributed by atoms with E-state index in [0.29, 0.717) is 12.3 Å². The first-order valence-corrected chi connectivity index (χ1v) is 8.98. The number of nitrogens with two attached hydrogens (primary N) is 1. The second-order valence-electron chi connectivity index (χ2n) is 4.83. The number of hydrogen-bond donors (Lipinski definition) is 1. The lowest BCUT2D eigenvalue weighted by Gasteiger charge is -2.13. The van der Waals surface area contributed by atoms with Crippen LogP contribution in [-0.2, 0) is 16.4 Å². The van der Waals surface area contributed by atoms with Gasteiger partial charge in [0.15, 0.2) is 15.0 Å². The largest absolute Gasteiger partial charge is 0.324 e. The van der Waals surface area contributed by atoms with Gasteiger partial charge in [0.2, 0.25) is 0 Å². The van der Waals surface area contributed by atoms with Crippen molar-refractivity contribution in [2.45, 2.75) is 50.7 Å². The summed E-state index contributed by atoms with van der Waals surface area (Å²) in [4.78, 5) is 0. The molecule has 0 amide bonds. The Morgan fingerprint density at radius 3 is 2.37 bits per heavy atom. The topological polar surface area (TPSA) is 90.9 Å². The predicted molar refractivity (Wildman–Crippen MR) is 77.9 cm³/mol. The van der Waals surface area contributed by atoms with E-state index in [1.807, 2.05) is 18.4 Å². The Bertz CT molecular complexity index is 509. The molecule has 2 N–H and O–H groups in total. The number of rotatable bonds is 7. The smallest absolute Gasteiger partial charge is 0.191 e. The van der Waals surface area contributed by atoms with Crippen LogP contribution in [-0.4, -0.2) is 39.9 Å². The van der Waals surface area contributed by atoms with Crippen molar-refractivity contribution in [2.24, 2.45) is 5.73 Å². The molecule has 1 aromatic rings. The van der Waals surface area contributed by atoms with Crippen LogP contribution in [0.15, 0.2) is 5.16 Å². The van der Waals surface area contributed by atoms with Gasteiger partial charge in [-0.2, -0.15) is 0 Å². The minimum atomic E-state index is -3.00. The standard InChI is InChI=1S/C11H22N4O2S2/c1-8(2)15-10(7-12)13-14-11(15)18-5-6-19(16,17)9(3)4/h8-9H,5-7,12H2,1-4H3. The SMILES string of the molecule is CC(C)n1c(CN)nnc1SCCS(=O)(=O)C(C)C. The third-order valence-electron chi connectivity index (χ3n) is 2.75. The van der Waals surface area contributed by atoms with Crippen LogP contribution in [0.25, 0.3) is 0 Å². The molecule has 0 atom stereocenters. The van der Waals surface area contributed by atoms with Crippen LogP contribution < -0.4 is 5.73 Å². The molecule has 0 bridgehead atoms. The Balaban J connectivity index is 2.72. The van der Waals surface area contributed by atoms with E-state index in [1.54, 1.807) is 13.8 Å². The number of sulfone groups is 1. The van der Waals surface area contributed by atoms with Crippen molar-refractivity contribution in [3.63, 3.8) is 0 Å². The molecule has 110 valence electrons. The lowest BCUT2D eigenvalue weighted by atomic mass is 10.4. The molecule has 0 fully saturated rings. The van der Waals surface area contributed by atoms with E-state index >= 15 is 0 Å². The fourth-order valence-corrected chi connectivity index (χ4v) is 4.02. The van der Waals surface area contributed by atoms with Crippen molar-refractivity contribution in [3.8, 4) is 0 Å². The van der Waals surface area contributed by atoms with Crippen LogP contribution in [0.2, 0.25) is 0 Å². The molecule has 0 saturated heterocycles. The molecule has 1 rings (SSSR count). The minimum Gasteiger partial charge on any atom is -0.324 e. The average Bonchev–Trinajstić information content (AvgIpc) is 2.71. The van der Waals surface area contributed by atoms with Crippen LogP contribution in [0.5, 0.6) is 0 Å². The third-order valence-corrected chi connectivity index (χ3v) is 6.16. The molecule has 0 aromatic carbocycles. The van der Waals surface area contributed by atoms with E-state index in [2.05, 4.69) is 10.2 Å². The van der Waals surface area contributed by atoms with Gasteiger partial charge in [0.1, 0.15) is 5.82 Å². The highest BCUT2D eigenvalue weighted by Gasteiger charge is 2.18. The maximum atomic E-state index is 11.7. The van der Waals surface area contributed by atoms with Crippen molar-refractivity contribution in [2.75, 3.05) is 11.5 Å². The summed E-state index contributed by atoms with van der Waals surface area (Å²) in [5.74, 6) is 1.36. The van der Waals surface area contributed by atoms with E-state index in [4.69, 9.17) is 5.73 Å². The molecule has 0 aliphatic heterocycles. The second-order valence-corrected chi connectivity index (χ2v) is 8.57. The van der Waals surface area contributed by atoms with Crippen molar-refractivity contribution >= 4 is 21.6 Å². The number of aromatic nitrogens is 3. The van der Waals surface area contributed by atoms with Gasteiger partial charge in [0.05, 0.1) is 17.5 Å². The minimum absolute atomic E-state index is 0.151. The summed E-state index contributed by atoms with van der Waals surface area (Å²) in [6.45, 7) is 7.78. The quantitative estimate of drug-likeness (QED) is 0.762. The molecule has 8 heteroatoms. The fourth-order valence-electron chi connectivity index (χ4n) is 1.55. The molecule has 0 saturated carbocycles. The Morgan fingerprint density at radius 1 is 1.26 bits per heavy atom. The molecular formula is C11H22N4O2S2. The maximum Gasteiger partial charge on any atom is 0.191 e. The molecule has 0 unspecified atom stereocenters. The molecule has 6 nitrogen and oxygen atoms in total. The predicted octanol–water partition coefficient (Wildman–Crippen LogP) is 1.23. The summed E-state index contributed by atoms with van der Waals surface area (Å²) in [7, 11) is -3.00. The van der Waals surface area contributed by atoms with Gasteiger partial charge < -0.3 is 10.3 Å². The van der Waals surface area contributed by atoms with E-state index in [0.717, 1.165) is 11.0 Å². The molecule has 0 spiro atoms. The van der Waals surface area contributed by atoms with Crippen LogP contribution in [0.4, 0.5) is 0 Å². The van der Waals surface area contributed by atoms with Gasteiger partial charge in [-0.1, -0.05) is 11.8 Å². The van der Waals surface area contributed by atoms with Gasteiger partial charge in [-0.05, 0) is 27.7 Å². The summed E-state index contributed by atoms with van der Waals surface area (Å²) in [6, 6.07) is 0.206. The summed E-state index contributed by atoms with van der Waals surface area (Å²) in [5.41, 5.74) is 5.61. The Hall–Kier alpha value is -0.600. The first-order valence-electron chi connectivity index (χ1n) is 6.27. The normalized spacial score (nSPS) is 12.6. The van der Waals surface area contributed by atoms with Crippen LogP contribution in [0.3, 0.4) is 0 Å². The molecule has 1 heterocycles. The monoisotopic (exact) mass is 306 g/mol. The highest BCUT2D eigenvalue weighted by atomic mass is 32.2. The van der Waals surface area contributed by atoms with E-state index in [9.17, 15) is 8.42 Å². The first-order chi connectivity index (χ1) is 8.79. The Labute approximate surface area is 119 Å². The van der Waals surface area contributed by atoms with Crippen molar-refractivity contribution in [1.29, 1.82) is 0 Å². The second kappa shape index (κ2) is 6.71. The number of nitrogens with zero attached hydrogens (tertiary/aromatic N) is 3. The summed E-state index contributed by atoms with van der Waals surface area (Å²) in [5, 5.41) is 8.49. The summed E-state index contributed by atoms with van der Waals surface area (Å²) >= 11 is 1.41. The lowest BCUT2D eigenvalue weighted by Crippen LogP contribution is -2.19. The Morgan fingerprint density at radius 2 is 1.89 bits per heavy atom. The highest BCUT2D eigenvalue weighted by Crippen LogP contribution is 2.21. The Kier molecular flexibility index (Phi) is 5.82. The van der Waals surface area contributed by atoms with Crippen molar-refractivity contribution < 1.29 is 8.42 Å². The van der Waals surface area contributed by atoms with Gasteiger partial charge in [-0.3, -0.25) is 0 Å². The molecule has 1 aromatic heterocycles. The number of thioether (sulfide) groups is 1. The zero-order chi connectivity index (χ0) is 14.6. The van der Waals surface area contributed by atoms with Crippen LogP contribution in [0, 0.1) is 0 Å². The third kappa shape index (κ3) is 4.19. The highest BCUT2D eigenvalue weighted by molar-refractivity contribution is 8.00. The molecule has 19 heavy (non-hydrogen) atoms. The maximum absolute atomic E-state index is 11.7. The summed E-state index contributed by atoms with van der Waals surface area (Å²) < 4.78 is 25.4. The van der Waals surface area contributed by atoms with Gasteiger partial charge >= 0.3 is 0 Å². The zero-order valence-electron chi connectivity index (χ0n) is 11.8. The zero-order valence-corrected chi connectivity index (χ0v) is 13.5. The average molecular weight is 306 g/mol. The van der Waals surface area contributed by atoms with Crippen LogP contribution in [0.1, 0.15) is 39.6 Å². The van der Waals surface area contributed by atoms with E-state index in [-0.39, 0.29) is 17.0 Å². The van der Waals surface area contributed by atoms with Crippen molar-refractivity contribution in [3.05, 3.63) is 5.82 Å². The fraction of sp³-hybridized carbons (Fsp3) is 0.818. The number of hydrogen-bond acceptors (Lipinski definition) is 6. The molecular weight excluding hydrogens is 284 g/mol. The van der Waals surface area contributed by atoms with Crippen molar-refractivity contribution in [1.82, 2.24) is 14.8 Å². The van der Waals surface area contributed by atoms with Gasteiger partial charge in [0, 0.05) is 11.8 Å². The van der Waals surface area contributed by atoms with E-state index < -0.39 is 9.84 Å². The lowest BCUT2D eigenvalue weighted by molar-refractivity contribution is 0.526. The molecule has 0 aliphatic carbocycles. The van der Waals surface area contributed by atoms with Gasteiger partial charge in [0.25, 0.3) is 0 Å². The molecule has 0 aliphatic rings. The van der Waals surface area contributed by atoms with Gasteiger partial charge in [-0.15, -0.1) is 10.2 Å². The molecule has 0 radical (unpaired) electrons. The first kappa shape index (κ1) is 16.5. The van der Waals surface area contributed by atoms with Crippen LogP contribution >= 0.6 is 11.8 Å². The van der Waals surface area contributed by atoms with E-state index in [1.165, 1.54) is 11.8 Å². The summed E-state index contributed by atoms with van der Waals surface area (Å²) in [6.07, 6.45) is 0.